The highest BCUT2D eigenvalue weighted by molar-refractivity contribution is 7.15. The molecular formula is C13H15N3S. The van der Waals surface area contributed by atoms with Crippen molar-refractivity contribution in [2.45, 2.75) is 26.8 Å². The van der Waals surface area contributed by atoms with Crippen LogP contribution in [0.1, 0.15) is 22.0 Å². The normalized spacial score (nSPS) is 14.7. The van der Waals surface area contributed by atoms with Crippen molar-refractivity contribution in [1.82, 2.24) is 15.3 Å². The quantitative estimate of drug-likeness (QED) is 0.838. The number of rotatable bonds is 1. The van der Waals surface area contributed by atoms with E-state index in [-0.39, 0.29) is 0 Å². The molecule has 0 aromatic carbocycles. The summed E-state index contributed by atoms with van der Waals surface area (Å²) in [6.07, 6.45) is 1.05. The summed E-state index contributed by atoms with van der Waals surface area (Å²) in [5, 5.41) is 4.52. The molecule has 3 rings (SSSR count). The van der Waals surface area contributed by atoms with E-state index in [1.54, 1.807) is 11.3 Å². The molecule has 3 heterocycles. The van der Waals surface area contributed by atoms with E-state index in [9.17, 15) is 0 Å². The van der Waals surface area contributed by atoms with Gasteiger partial charge in [0.25, 0.3) is 0 Å². The summed E-state index contributed by atoms with van der Waals surface area (Å²) in [4.78, 5) is 10.5. The highest BCUT2D eigenvalue weighted by Gasteiger charge is 2.15. The lowest BCUT2D eigenvalue weighted by Crippen LogP contribution is -2.22. The molecule has 0 unspecified atom stereocenters. The van der Waals surface area contributed by atoms with Gasteiger partial charge in [0.2, 0.25) is 0 Å². The SMILES string of the molecule is Cc1cc(-c2nc3c(s2)CNCC3)cc(C)n1. The Morgan fingerprint density at radius 3 is 2.65 bits per heavy atom. The van der Waals surface area contributed by atoms with Crippen molar-refractivity contribution in [2.75, 3.05) is 6.54 Å². The Balaban J connectivity index is 2.05. The van der Waals surface area contributed by atoms with Crippen LogP contribution in [0.15, 0.2) is 12.1 Å². The first-order valence-corrected chi connectivity index (χ1v) is 6.69. The molecule has 17 heavy (non-hydrogen) atoms. The van der Waals surface area contributed by atoms with Crippen LogP contribution in [0.4, 0.5) is 0 Å². The number of hydrogen-bond donors (Lipinski definition) is 1. The molecular weight excluding hydrogens is 230 g/mol. The van der Waals surface area contributed by atoms with Gasteiger partial charge in [-0.25, -0.2) is 4.98 Å². The maximum atomic E-state index is 4.75. The third kappa shape index (κ3) is 2.10. The second kappa shape index (κ2) is 4.20. The van der Waals surface area contributed by atoms with E-state index >= 15 is 0 Å². The molecule has 4 heteroatoms. The van der Waals surface area contributed by atoms with E-state index in [1.165, 1.54) is 16.1 Å². The zero-order valence-corrected chi connectivity index (χ0v) is 10.9. The van der Waals surface area contributed by atoms with Crippen LogP contribution in [-0.4, -0.2) is 16.5 Å². The lowest BCUT2D eigenvalue weighted by Gasteiger charge is -2.09. The van der Waals surface area contributed by atoms with Crippen molar-refractivity contribution >= 4 is 11.3 Å². The predicted octanol–water partition coefficient (Wildman–Crippen LogP) is 2.47. The molecule has 0 amide bonds. The van der Waals surface area contributed by atoms with Gasteiger partial charge in [-0.15, -0.1) is 11.3 Å². The Kier molecular flexibility index (Phi) is 2.68. The van der Waals surface area contributed by atoms with Crippen molar-refractivity contribution in [2.24, 2.45) is 0 Å². The molecule has 0 aliphatic carbocycles. The third-order valence-corrected chi connectivity index (χ3v) is 4.08. The first kappa shape index (κ1) is 10.9. The van der Waals surface area contributed by atoms with Crippen LogP contribution in [0.25, 0.3) is 10.6 Å². The second-order valence-corrected chi connectivity index (χ2v) is 5.54. The maximum absolute atomic E-state index is 4.75. The zero-order valence-electron chi connectivity index (χ0n) is 10.1. The van der Waals surface area contributed by atoms with Gasteiger partial charge in [-0.05, 0) is 26.0 Å². The van der Waals surface area contributed by atoms with E-state index in [0.29, 0.717) is 0 Å². The Hall–Kier alpha value is -1.26. The standard InChI is InChI=1S/C13H15N3S/c1-8-5-10(6-9(2)15-8)13-16-11-3-4-14-7-12(11)17-13/h5-6,14H,3-4,7H2,1-2H3. The fraction of sp³-hybridized carbons (Fsp3) is 0.385. The fourth-order valence-corrected chi connectivity index (χ4v) is 3.27. The molecule has 88 valence electrons. The van der Waals surface area contributed by atoms with Crippen molar-refractivity contribution in [3.05, 3.63) is 34.1 Å². The first-order chi connectivity index (χ1) is 8.22. The Bertz CT molecular complexity index is 516. The molecule has 2 aromatic heterocycles. The minimum absolute atomic E-state index is 0.968. The fourth-order valence-electron chi connectivity index (χ4n) is 2.21. The van der Waals surface area contributed by atoms with E-state index in [4.69, 9.17) is 4.98 Å². The summed E-state index contributed by atoms with van der Waals surface area (Å²) in [5.74, 6) is 0. The van der Waals surface area contributed by atoms with Crippen molar-refractivity contribution in [3.63, 3.8) is 0 Å². The van der Waals surface area contributed by atoms with Crippen LogP contribution in [0.5, 0.6) is 0 Å². The summed E-state index contributed by atoms with van der Waals surface area (Å²) in [7, 11) is 0. The number of aromatic nitrogens is 2. The molecule has 1 aliphatic heterocycles. The summed E-state index contributed by atoms with van der Waals surface area (Å²) < 4.78 is 0. The number of nitrogens with one attached hydrogen (secondary N) is 1. The lowest BCUT2D eigenvalue weighted by molar-refractivity contribution is 0.644. The molecule has 0 atom stereocenters. The number of nitrogens with zero attached hydrogens (tertiary/aromatic N) is 2. The number of pyridine rings is 1. The highest BCUT2D eigenvalue weighted by atomic mass is 32.1. The number of hydrogen-bond acceptors (Lipinski definition) is 4. The van der Waals surface area contributed by atoms with Gasteiger partial charge >= 0.3 is 0 Å². The molecule has 0 saturated heterocycles. The van der Waals surface area contributed by atoms with Gasteiger partial charge in [-0.1, -0.05) is 0 Å². The lowest BCUT2D eigenvalue weighted by atomic mass is 10.2. The Labute approximate surface area is 105 Å². The van der Waals surface area contributed by atoms with Crippen LogP contribution in [0.2, 0.25) is 0 Å². The van der Waals surface area contributed by atoms with Gasteiger partial charge in [0.1, 0.15) is 5.01 Å². The highest BCUT2D eigenvalue weighted by Crippen LogP contribution is 2.30. The molecule has 3 nitrogen and oxygen atoms in total. The van der Waals surface area contributed by atoms with E-state index in [0.717, 1.165) is 35.9 Å². The van der Waals surface area contributed by atoms with E-state index < -0.39 is 0 Å². The molecule has 2 aromatic rings. The van der Waals surface area contributed by atoms with Crippen molar-refractivity contribution in [1.29, 1.82) is 0 Å². The molecule has 0 spiro atoms. The minimum atomic E-state index is 0.968. The molecule has 0 fully saturated rings. The van der Waals surface area contributed by atoms with E-state index in [1.807, 2.05) is 13.8 Å². The number of thiazole rings is 1. The Morgan fingerprint density at radius 2 is 1.94 bits per heavy atom. The average molecular weight is 245 g/mol. The minimum Gasteiger partial charge on any atom is -0.311 e. The van der Waals surface area contributed by atoms with Crippen LogP contribution < -0.4 is 5.32 Å². The number of aryl methyl sites for hydroxylation is 2. The monoisotopic (exact) mass is 245 g/mol. The maximum Gasteiger partial charge on any atom is 0.124 e. The van der Waals surface area contributed by atoms with E-state index in [2.05, 4.69) is 22.4 Å². The molecule has 0 radical (unpaired) electrons. The predicted molar refractivity (Wildman–Crippen MR) is 70.2 cm³/mol. The van der Waals surface area contributed by atoms with Gasteiger partial charge in [-0.2, -0.15) is 0 Å². The summed E-state index contributed by atoms with van der Waals surface area (Å²) in [5.41, 5.74) is 4.60. The van der Waals surface area contributed by atoms with Gasteiger partial charge in [-0.3, -0.25) is 4.98 Å². The Morgan fingerprint density at radius 1 is 1.18 bits per heavy atom. The van der Waals surface area contributed by atoms with Crippen molar-refractivity contribution < 1.29 is 0 Å². The van der Waals surface area contributed by atoms with Crippen LogP contribution in [0.3, 0.4) is 0 Å². The first-order valence-electron chi connectivity index (χ1n) is 5.87. The van der Waals surface area contributed by atoms with Gasteiger partial charge in [0, 0.05) is 41.3 Å². The van der Waals surface area contributed by atoms with Gasteiger partial charge in [0.05, 0.1) is 5.69 Å². The van der Waals surface area contributed by atoms with Crippen LogP contribution in [0, 0.1) is 13.8 Å². The van der Waals surface area contributed by atoms with Crippen molar-refractivity contribution in [3.8, 4) is 10.6 Å². The van der Waals surface area contributed by atoms with Crippen LogP contribution >= 0.6 is 11.3 Å². The van der Waals surface area contributed by atoms with Gasteiger partial charge in [0.15, 0.2) is 0 Å². The zero-order chi connectivity index (χ0) is 11.8. The molecule has 1 aliphatic rings. The smallest absolute Gasteiger partial charge is 0.124 e. The molecule has 0 saturated carbocycles. The largest absolute Gasteiger partial charge is 0.311 e. The average Bonchev–Trinajstić information content (AvgIpc) is 2.71. The summed E-state index contributed by atoms with van der Waals surface area (Å²) >= 11 is 1.80. The molecule has 0 bridgehead atoms. The molecule has 1 N–H and O–H groups in total. The topological polar surface area (TPSA) is 37.8 Å². The third-order valence-electron chi connectivity index (χ3n) is 2.93. The summed E-state index contributed by atoms with van der Waals surface area (Å²) in [6.45, 7) is 6.08. The second-order valence-electron chi connectivity index (χ2n) is 4.45. The van der Waals surface area contributed by atoms with Crippen LogP contribution in [-0.2, 0) is 13.0 Å². The van der Waals surface area contributed by atoms with Gasteiger partial charge < -0.3 is 5.32 Å². The summed E-state index contributed by atoms with van der Waals surface area (Å²) in [6, 6.07) is 4.23. The number of fused-ring (bicyclic) bond motifs is 1.